The molecule has 2 atom stereocenters. The smallest absolute Gasteiger partial charge is 0.289 e. The Bertz CT molecular complexity index is 648. The molecule has 2 fully saturated rings. The second-order valence-electron chi connectivity index (χ2n) is 5.95. The van der Waals surface area contributed by atoms with E-state index in [-0.39, 0.29) is 34.9 Å². The van der Waals surface area contributed by atoms with Crippen molar-refractivity contribution in [1.82, 2.24) is 10.2 Å². The summed E-state index contributed by atoms with van der Waals surface area (Å²) < 4.78 is 5.23. The molecular weight excluding hydrogens is 328 g/mol. The van der Waals surface area contributed by atoms with Crippen molar-refractivity contribution in [3.8, 4) is 5.75 Å². The largest absolute Gasteiger partial charge is 0.496 e. The van der Waals surface area contributed by atoms with Gasteiger partial charge >= 0.3 is 0 Å². The number of nitrogens with one attached hydrogen (secondary N) is 1. The van der Waals surface area contributed by atoms with Crippen molar-refractivity contribution in [2.24, 2.45) is 0 Å². The highest BCUT2D eigenvalue weighted by atomic mass is 32.2. The predicted octanol–water partition coefficient (Wildman–Crippen LogP) is 2.43. The molecule has 2 unspecified atom stereocenters. The van der Waals surface area contributed by atoms with Gasteiger partial charge in [-0.1, -0.05) is 36.7 Å². The minimum Gasteiger partial charge on any atom is -0.496 e. The van der Waals surface area contributed by atoms with E-state index in [4.69, 9.17) is 4.74 Å². The Labute approximate surface area is 144 Å². The van der Waals surface area contributed by atoms with Gasteiger partial charge in [0.1, 0.15) is 5.75 Å². The average Bonchev–Trinajstić information content (AvgIpc) is 2.94. The van der Waals surface area contributed by atoms with Crippen LogP contribution in [-0.2, 0) is 4.79 Å². The molecule has 128 valence electrons. The average molecular weight is 348 g/mol. The number of hydrogen-bond donors (Lipinski definition) is 1. The molecule has 7 heteroatoms. The maximum Gasteiger partial charge on any atom is 0.289 e. The van der Waals surface area contributed by atoms with Crippen LogP contribution in [-0.4, -0.2) is 46.9 Å². The lowest BCUT2D eigenvalue weighted by Crippen LogP contribution is -2.54. The van der Waals surface area contributed by atoms with Crippen LogP contribution in [0.3, 0.4) is 0 Å². The summed E-state index contributed by atoms with van der Waals surface area (Å²) in [5.74, 6) is 0.304. The number of thioether (sulfide) groups is 1. The molecule has 1 heterocycles. The molecule has 1 aromatic carbocycles. The fourth-order valence-electron chi connectivity index (χ4n) is 3.35. The van der Waals surface area contributed by atoms with E-state index >= 15 is 0 Å². The number of rotatable bonds is 4. The maximum atomic E-state index is 12.6. The molecule has 3 amide bonds. The van der Waals surface area contributed by atoms with Crippen LogP contribution in [0.15, 0.2) is 24.3 Å². The summed E-state index contributed by atoms with van der Waals surface area (Å²) >= 11 is 1.04. The zero-order valence-corrected chi connectivity index (χ0v) is 14.3. The summed E-state index contributed by atoms with van der Waals surface area (Å²) in [4.78, 5) is 38.0. The van der Waals surface area contributed by atoms with Gasteiger partial charge < -0.3 is 10.1 Å². The zero-order chi connectivity index (χ0) is 17.1. The molecule has 2 aliphatic rings. The second kappa shape index (κ2) is 7.25. The Balaban J connectivity index is 1.77. The standard InChI is InChI=1S/C17H20N2O4S/c1-23-14-9-5-2-6-11(14)16(21)18-12-7-3-4-8-13(12)19-15(20)10-24-17(19)22/h2,5-6,9,12-13H,3-4,7-8,10H2,1H3,(H,18,21). The van der Waals surface area contributed by atoms with E-state index < -0.39 is 0 Å². The van der Waals surface area contributed by atoms with Gasteiger partial charge in [-0.05, 0) is 25.0 Å². The Hall–Kier alpha value is -2.02. The summed E-state index contributed by atoms with van der Waals surface area (Å²) in [6.45, 7) is 0. The molecule has 0 radical (unpaired) electrons. The Morgan fingerprint density at radius 3 is 2.71 bits per heavy atom. The molecule has 24 heavy (non-hydrogen) atoms. The lowest BCUT2D eigenvalue weighted by Gasteiger charge is -2.36. The van der Waals surface area contributed by atoms with Gasteiger partial charge in [-0.25, -0.2) is 0 Å². The Morgan fingerprint density at radius 2 is 2.00 bits per heavy atom. The van der Waals surface area contributed by atoms with E-state index in [0.717, 1.165) is 37.4 Å². The lowest BCUT2D eigenvalue weighted by atomic mass is 9.89. The number of ether oxygens (including phenoxy) is 1. The first-order chi connectivity index (χ1) is 11.6. The zero-order valence-electron chi connectivity index (χ0n) is 13.5. The van der Waals surface area contributed by atoms with Crippen LogP contribution in [0.5, 0.6) is 5.75 Å². The van der Waals surface area contributed by atoms with Crippen LogP contribution in [0.1, 0.15) is 36.0 Å². The van der Waals surface area contributed by atoms with Gasteiger partial charge in [0.15, 0.2) is 0 Å². The fourth-order valence-corrected chi connectivity index (χ4v) is 4.11. The molecule has 1 saturated carbocycles. The van der Waals surface area contributed by atoms with Gasteiger partial charge in [-0.2, -0.15) is 0 Å². The van der Waals surface area contributed by atoms with E-state index in [1.54, 1.807) is 24.3 Å². The monoisotopic (exact) mass is 348 g/mol. The number of methoxy groups -OCH3 is 1. The van der Waals surface area contributed by atoms with E-state index in [2.05, 4.69) is 5.32 Å². The number of imide groups is 1. The summed E-state index contributed by atoms with van der Waals surface area (Å²) in [5.41, 5.74) is 0.456. The highest BCUT2D eigenvalue weighted by molar-refractivity contribution is 8.14. The molecule has 6 nitrogen and oxygen atoms in total. The molecule has 0 bridgehead atoms. The first-order valence-corrected chi connectivity index (χ1v) is 9.03. The normalized spacial score (nSPS) is 24.1. The van der Waals surface area contributed by atoms with Crippen molar-refractivity contribution in [3.05, 3.63) is 29.8 Å². The van der Waals surface area contributed by atoms with Crippen molar-refractivity contribution in [3.63, 3.8) is 0 Å². The van der Waals surface area contributed by atoms with Crippen molar-refractivity contribution >= 4 is 28.8 Å². The summed E-state index contributed by atoms with van der Waals surface area (Å²) in [5, 5.41) is 2.80. The molecule has 1 saturated heterocycles. The molecule has 0 spiro atoms. The molecule has 1 aliphatic carbocycles. The third kappa shape index (κ3) is 3.26. The quantitative estimate of drug-likeness (QED) is 0.904. The van der Waals surface area contributed by atoms with Gasteiger partial charge in [0, 0.05) is 0 Å². The van der Waals surface area contributed by atoms with Gasteiger partial charge in [-0.15, -0.1) is 0 Å². The number of carbonyl (C=O) groups excluding carboxylic acids is 3. The molecule has 0 aromatic heterocycles. The number of hydrogen-bond acceptors (Lipinski definition) is 5. The fraction of sp³-hybridized carbons (Fsp3) is 0.471. The third-order valence-electron chi connectivity index (χ3n) is 4.51. The van der Waals surface area contributed by atoms with Gasteiger partial charge in [-0.3, -0.25) is 19.3 Å². The summed E-state index contributed by atoms with van der Waals surface area (Å²) in [6, 6.07) is 6.54. The minimum atomic E-state index is -0.257. The third-order valence-corrected chi connectivity index (χ3v) is 5.35. The minimum absolute atomic E-state index is 0.159. The van der Waals surface area contributed by atoms with E-state index in [9.17, 15) is 14.4 Å². The first-order valence-electron chi connectivity index (χ1n) is 8.04. The molecule has 3 rings (SSSR count). The van der Waals surface area contributed by atoms with Crippen LogP contribution in [0.25, 0.3) is 0 Å². The van der Waals surface area contributed by atoms with E-state index in [1.165, 1.54) is 12.0 Å². The Kier molecular flexibility index (Phi) is 5.08. The van der Waals surface area contributed by atoms with Gasteiger partial charge in [0.05, 0.1) is 30.5 Å². The topological polar surface area (TPSA) is 75.7 Å². The SMILES string of the molecule is COc1ccccc1C(=O)NC1CCCCC1N1C(=O)CSC1=O. The first kappa shape index (κ1) is 16.8. The van der Waals surface area contributed by atoms with Crippen LogP contribution in [0.2, 0.25) is 0 Å². The number of para-hydroxylation sites is 1. The van der Waals surface area contributed by atoms with Crippen molar-refractivity contribution in [2.45, 2.75) is 37.8 Å². The number of carbonyl (C=O) groups is 3. The van der Waals surface area contributed by atoms with E-state index in [0.29, 0.717) is 11.3 Å². The van der Waals surface area contributed by atoms with Crippen LogP contribution in [0.4, 0.5) is 4.79 Å². The number of benzene rings is 1. The molecular formula is C17H20N2O4S. The van der Waals surface area contributed by atoms with Crippen LogP contribution in [0, 0.1) is 0 Å². The summed E-state index contributed by atoms with van der Waals surface area (Å²) in [6.07, 6.45) is 3.41. The lowest BCUT2D eigenvalue weighted by molar-refractivity contribution is -0.127. The molecule has 1 aromatic rings. The van der Waals surface area contributed by atoms with Crippen LogP contribution >= 0.6 is 11.8 Å². The predicted molar refractivity (Wildman–Crippen MR) is 91.2 cm³/mol. The molecule has 1 aliphatic heterocycles. The highest BCUT2D eigenvalue weighted by Crippen LogP contribution is 2.30. The van der Waals surface area contributed by atoms with Gasteiger partial charge in [0.2, 0.25) is 5.91 Å². The molecule has 1 N–H and O–H groups in total. The highest BCUT2D eigenvalue weighted by Gasteiger charge is 2.41. The van der Waals surface area contributed by atoms with E-state index in [1.807, 2.05) is 0 Å². The maximum absolute atomic E-state index is 12.6. The van der Waals surface area contributed by atoms with Crippen molar-refractivity contribution < 1.29 is 19.1 Å². The van der Waals surface area contributed by atoms with Crippen LogP contribution < -0.4 is 10.1 Å². The van der Waals surface area contributed by atoms with Gasteiger partial charge in [0.25, 0.3) is 11.1 Å². The summed E-state index contributed by atoms with van der Waals surface area (Å²) in [7, 11) is 1.52. The van der Waals surface area contributed by atoms with Crippen molar-refractivity contribution in [2.75, 3.05) is 12.9 Å². The van der Waals surface area contributed by atoms with Crippen molar-refractivity contribution in [1.29, 1.82) is 0 Å². The number of amides is 3. The second-order valence-corrected chi connectivity index (χ2v) is 6.88. The number of nitrogens with zero attached hydrogens (tertiary/aromatic N) is 1. The Morgan fingerprint density at radius 1 is 1.25 bits per heavy atom.